The number of rotatable bonds is 4. The van der Waals surface area contributed by atoms with Gasteiger partial charge in [0.05, 0.1) is 16.2 Å². The summed E-state index contributed by atoms with van der Waals surface area (Å²) in [6, 6.07) is 13.7. The summed E-state index contributed by atoms with van der Waals surface area (Å²) < 4.78 is 0. The number of anilines is 1. The molecule has 0 spiro atoms. The molecule has 8 nitrogen and oxygen atoms in total. The molecule has 2 N–H and O–H groups in total. The van der Waals surface area contributed by atoms with Crippen LogP contribution in [0.2, 0.25) is 0 Å². The molecular weight excluding hydrogens is 408 g/mol. The van der Waals surface area contributed by atoms with Crippen LogP contribution in [0.3, 0.4) is 0 Å². The Bertz CT molecular complexity index is 1200. The third-order valence-electron chi connectivity index (χ3n) is 4.73. The zero-order valence-electron chi connectivity index (χ0n) is 15.3. The summed E-state index contributed by atoms with van der Waals surface area (Å²) in [5.74, 6) is -2.58. The summed E-state index contributed by atoms with van der Waals surface area (Å²) in [6.07, 6.45) is 0. The molecule has 1 aliphatic rings. The summed E-state index contributed by atoms with van der Waals surface area (Å²) in [7, 11) is 0. The first kappa shape index (κ1) is 19.3. The highest BCUT2D eigenvalue weighted by Crippen LogP contribution is 2.45. The number of carbonyl (C=O) groups is 2. The van der Waals surface area contributed by atoms with Crippen molar-refractivity contribution in [1.82, 2.24) is 0 Å². The molecule has 1 unspecified atom stereocenters. The molecule has 30 heavy (non-hydrogen) atoms. The number of aliphatic hydroxyl groups is 1. The number of hydrogen-bond donors (Lipinski definition) is 2. The lowest BCUT2D eigenvalue weighted by Gasteiger charge is -2.24. The molecule has 150 valence electrons. The van der Waals surface area contributed by atoms with Crippen LogP contribution < -0.4 is 4.90 Å². The van der Waals surface area contributed by atoms with E-state index in [-0.39, 0.29) is 28.3 Å². The first-order valence-corrected chi connectivity index (χ1v) is 9.65. The highest BCUT2D eigenvalue weighted by molar-refractivity contribution is 7.10. The number of phenolic OH excluding ortho intramolecular Hbond substituents is 1. The lowest BCUT2D eigenvalue weighted by atomic mass is 9.99. The molecule has 1 amide bonds. The molecule has 2 aromatic carbocycles. The first-order chi connectivity index (χ1) is 14.4. The number of hydrogen-bond acceptors (Lipinski definition) is 7. The Balaban J connectivity index is 1.94. The fourth-order valence-corrected chi connectivity index (χ4v) is 4.21. The third kappa shape index (κ3) is 3.11. The van der Waals surface area contributed by atoms with Crippen LogP contribution in [0.5, 0.6) is 5.75 Å². The van der Waals surface area contributed by atoms with E-state index in [0.717, 1.165) is 11.0 Å². The lowest BCUT2D eigenvalue weighted by molar-refractivity contribution is -0.384. The minimum Gasteiger partial charge on any atom is -0.507 e. The van der Waals surface area contributed by atoms with Crippen molar-refractivity contribution in [2.45, 2.75) is 6.04 Å². The van der Waals surface area contributed by atoms with Gasteiger partial charge in [0, 0.05) is 22.6 Å². The third-order valence-corrected chi connectivity index (χ3v) is 5.65. The van der Waals surface area contributed by atoms with E-state index in [2.05, 4.69) is 0 Å². The molecule has 0 aliphatic carbocycles. The quantitative estimate of drug-likeness (QED) is 0.216. The summed E-state index contributed by atoms with van der Waals surface area (Å²) >= 11 is 1.27. The second-order valence-electron chi connectivity index (χ2n) is 6.48. The number of para-hydroxylation sites is 2. The Morgan fingerprint density at radius 3 is 2.50 bits per heavy atom. The number of ketones is 1. The van der Waals surface area contributed by atoms with Gasteiger partial charge in [-0.05, 0) is 23.6 Å². The molecule has 2 heterocycles. The second kappa shape index (κ2) is 7.45. The van der Waals surface area contributed by atoms with Gasteiger partial charge in [-0.15, -0.1) is 11.3 Å². The van der Waals surface area contributed by atoms with Crippen molar-refractivity contribution in [3.63, 3.8) is 0 Å². The van der Waals surface area contributed by atoms with Gasteiger partial charge in [0.25, 0.3) is 17.4 Å². The Morgan fingerprint density at radius 1 is 1.07 bits per heavy atom. The smallest absolute Gasteiger partial charge is 0.300 e. The molecule has 9 heteroatoms. The Morgan fingerprint density at radius 2 is 1.83 bits per heavy atom. The van der Waals surface area contributed by atoms with Crippen molar-refractivity contribution in [1.29, 1.82) is 0 Å². The fourth-order valence-electron chi connectivity index (χ4n) is 3.39. The van der Waals surface area contributed by atoms with Gasteiger partial charge in [0.1, 0.15) is 17.6 Å². The van der Waals surface area contributed by atoms with Crippen LogP contribution in [-0.2, 0) is 9.59 Å². The molecule has 0 radical (unpaired) electrons. The number of Topliss-reactive ketones (excluding diaryl/α,β-unsaturated/α-hetero) is 1. The average Bonchev–Trinajstić information content (AvgIpc) is 3.35. The van der Waals surface area contributed by atoms with E-state index in [4.69, 9.17) is 0 Å². The predicted octanol–water partition coefficient (Wildman–Crippen LogP) is 3.99. The van der Waals surface area contributed by atoms with Crippen molar-refractivity contribution < 1.29 is 24.7 Å². The Kier molecular flexibility index (Phi) is 4.80. The highest BCUT2D eigenvalue weighted by atomic mass is 32.1. The van der Waals surface area contributed by atoms with Gasteiger partial charge >= 0.3 is 0 Å². The number of aromatic hydroxyl groups is 1. The SMILES string of the molecule is O=C1C(=O)N(c2ccccc2O)C(c2cccs2)/C1=C(/O)c1cccc([N+](=O)[O-])c1. The molecule has 1 fully saturated rings. The Labute approximate surface area is 174 Å². The maximum absolute atomic E-state index is 12.9. The zero-order valence-corrected chi connectivity index (χ0v) is 16.1. The monoisotopic (exact) mass is 422 g/mol. The van der Waals surface area contributed by atoms with Gasteiger partial charge in [0.2, 0.25) is 0 Å². The van der Waals surface area contributed by atoms with E-state index in [1.165, 1.54) is 41.7 Å². The predicted molar refractivity (Wildman–Crippen MR) is 110 cm³/mol. The van der Waals surface area contributed by atoms with Crippen LogP contribution in [0.1, 0.15) is 16.5 Å². The molecule has 0 bridgehead atoms. The number of carbonyl (C=O) groups excluding carboxylic acids is 2. The van der Waals surface area contributed by atoms with Gasteiger partial charge in [-0.2, -0.15) is 0 Å². The average molecular weight is 422 g/mol. The molecule has 0 saturated carbocycles. The first-order valence-electron chi connectivity index (χ1n) is 8.77. The van der Waals surface area contributed by atoms with Gasteiger partial charge in [-0.3, -0.25) is 24.6 Å². The van der Waals surface area contributed by atoms with E-state index in [1.54, 1.807) is 29.6 Å². The standard InChI is InChI=1S/C21H14N2O6S/c24-15-8-2-1-7-14(15)22-18(16-9-4-10-30-16)17(20(26)21(22)27)19(25)12-5-3-6-13(11-12)23(28)29/h1-11,18,24-25H/b19-17-. The van der Waals surface area contributed by atoms with E-state index in [9.17, 15) is 29.9 Å². The molecule has 1 saturated heterocycles. The minimum atomic E-state index is -0.988. The maximum Gasteiger partial charge on any atom is 0.300 e. The van der Waals surface area contributed by atoms with Crippen LogP contribution in [0, 0.1) is 10.1 Å². The van der Waals surface area contributed by atoms with Crippen molar-refractivity contribution in [2.24, 2.45) is 0 Å². The minimum absolute atomic E-state index is 0.0426. The number of nitro groups is 1. The van der Waals surface area contributed by atoms with Crippen molar-refractivity contribution >= 4 is 40.2 Å². The van der Waals surface area contributed by atoms with E-state index >= 15 is 0 Å². The number of phenols is 1. The number of non-ortho nitro benzene ring substituents is 1. The topological polar surface area (TPSA) is 121 Å². The fraction of sp³-hybridized carbons (Fsp3) is 0.0476. The van der Waals surface area contributed by atoms with Crippen molar-refractivity contribution in [3.05, 3.63) is 92.2 Å². The van der Waals surface area contributed by atoms with Gasteiger partial charge in [-0.25, -0.2) is 0 Å². The van der Waals surface area contributed by atoms with Crippen LogP contribution in [-0.4, -0.2) is 26.8 Å². The summed E-state index contributed by atoms with van der Waals surface area (Å²) in [5, 5.41) is 34.0. The van der Waals surface area contributed by atoms with E-state index in [0.29, 0.717) is 4.88 Å². The summed E-state index contributed by atoms with van der Waals surface area (Å²) in [6.45, 7) is 0. The van der Waals surface area contributed by atoms with Crippen LogP contribution in [0.25, 0.3) is 5.76 Å². The number of nitrogens with zero attached hydrogens (tertiary/aromatic N) is 2. The molecule has 3 aromatic rings. The zero-order chi connectivity index (χ0) is 21.4. The largest absolute Gasteiger partial charge is 0.507 e. The molecular formula is C21H14N2O6S. The van der Waals surface area contributed by atoms with Gasteiger partial charge < -0.3 is 10.2 Å². The van der Waals surface area contributed by atoms with Crippen LogP contribution >= 0.6 is 11.3 Å². The molecule has 1 atom stereocenters. The summed E-state index contributed by atoms with van der Waals surface area (Å²) in [4.78, 5) is 38.0. The van der Waals surface area contributed by atoms with Crippen LogP contribution in [0.4, 0.5) is 11.4 Å². The van der Waals surface area contributed by atoms with Crippen molar-refractivity contribution in [2.75, 3.05) is 4.90 Å². The Hall–Kier alpha value is -3.98. The number of amides is 1. The molecule has 4 rings (SSSR count). The second-order valence-corrected chi connectivity index (χ2v) is 7.46. The number of thiophene rings is 1. The highest BCUT2D eigenvalue weighted by Gasteiger charge is 2.48. The normalized spacial score (nSPS) is 18.0. The number of benzene rings is 2. The number of nitro benzene ring substituents is 1. The van der Waals surface area contributed by atoms with Crippen LogP contribution in [0.15, 0.2) is 71.6 Å². The van der Waals surface area contributed by atoms with E-state index < -0.39 is 28.4 Å². The lowest BCUT2D eigenvalue weighted by Crippen LogP contribution is -2.29. The number of aliphatic hydroxyl groups excluding tert-OH is 1. The van der Waals surface area contributed by atoms with Gasteiger partial charge in [0.15, 0.2) is 0 Å². The molecule has 1 aromatic heterocycles. The van der Waals surface area contributed by atoms with Gasteiger partial charge in [-0.1, -0.05) is 30.3 Å². The van der Waals surface area contributed by atoms with Crippen molar-refractivity contribution in [3.8, 4) is 5.75 Å². The summed E-state index contributed by atoms with van der Waals surface area (Å²) in [5.41, 5.74) is -0.301. The van der Waals surface area contributed by atoms with E-state index in [1.807, 2.05) is 0 Å². The molecule has 1 aliphatic heterocycles. The maximum atomic E-state index is 12.9.